The standard InChI is InChI=1S/C15H23BrO3Si/c1-15(2,3)20(4,5)19-13-10-11(16)6-7-12(13)14-17-8-9-18-14/h6-7,10,14H,8-9H2,1-5H3. The van der Waals surface area contributed by atoms with Crippen LogP contribution in [0.4, 0.5) is 0 Å². The van der Waals surface area contributed by atoms with Gasteiger partial charge in [-0.05, 0) is 36.3 Å². The summed E-state index contributed by atoms with van der Waals surface area (Å²) in [7, 11) is -1.88. The van der Waals surface area contributed by atoms with E-state index in [4.69, 9.17) is 13.9 Å². The van der Waals surface area contributed by atoms with Crippen LogP contribution in [-0.4, -0.2) is 21.5 Å². The average molecular weight is 359 g/mol. The summed E-state index contributed by atoms with van der Waals surface area (Å²) in [4.78, 5) is 0. The summed E-state index contributed by atoms with van der Waals surface area (Å²) in [5, 5.41) is 0.157. The van der Waals surface area contributed by atoms with Crippen LogP contribution in [-0.2, 0) is 9.47 Å². The molecule has 2 rings (SSSR count). The summed E-state index contributed by atoms with van der Waals surface area (Å²) in [6, 6.07) is 6.03. The third-order valence-corrected chi connectivity index (χ3v) is 8.86. The molecule has 0 unspecified atom stereocenters. The Hall–Kier alpha value is -0.363. The van der Waals surface area contributed by atoms with Crippen LogP contribution < -0.4 is 4.43 Å². The van der Waals surface area contributed by atoms with Gasteiger partial charge in [0.2, 0.25) is 8.32 Å². The molecule has 0 atom stereocenters. The number of hydrogen-bond donors (Lipinski definition) is 0. The molecular weight excluding hydrogens is 336 g/mol. The number of rotatable bonds is 3. The first kappa shape index (κ1) is 16.0. The lowest BCUT2D eigenvalue weighted by molar-refractivity contribution is -0.0450. The smallest absolute Gasteiger partial charge is 0.250 e. The molecule has 0 radical (unpaired) electrons. The monoisotopic (exact) mass is 358 g/mol. The predicted octanol–water partition coefficient (Wildman–Crippen LogP) is 4.88. The highest BCUT2D eigenvalue weighted by Gasteiger charge is 2.40. The molecule has 1 aliphatic rings. The molecule has 20 heavy (non-hydrogen) atoms. The summed E-state index contributed by atoms with van der Waals surface area (Å²) < 4.78 is 18.7. The highest BCUT2D eigenvalue weighted by molar-refractivity contribution is 9.10. The van der Waals surface area contributed by atoms with Crippen LogP contribution in [0.2, 0.25) is 18.1 Å². The second-order valence-electron chi connectivity index (χ2n) is 6.62. The maximum Gasteiger partial charge on any atom is 0.250 e. The molecule has 0 amide bonds. The van der Waals surface area contributed by atoms with Crippen LogP contribution in [0.1, 0.15) is 32.6 Å². The Bertz CT molecular complexity index is 476. The van der Waals surface area contributed by atoms with Gasteiger partial charge in [-0.15, -0.1) is 0 Å². The second kappa shape index (κ2) is 5.79. The zero-order valence-corrected chi connectivity index (χ0v) is 15.4. The quantitative estimate of drug-likeness (QED) is 0.720. The first-order chi connectivity index (χ1) is 9.21. The van der Waals surface area contributed by atoms with Crippen molar-refractivity contribution in [2.75, 3.05) is 13.2 Å². The maximum absolute atomic E-state index is 6.44. The van der Waals surface area contributed by atoms with E-state index in [1.807, 2.05) is 18.2 Å². The second-order valence-corrected chi connectivity index (χ2v) is 12.3. The molecule has 112 valence electrons. The lowest BCUT2D eigenvalue weighted by Crippen LogP contribution is -2.44. The molecule has 0 bridgehead atoms. The van der Waals surface area contributed by atoms with Crippen molar-refractivity contribution < 1.29 is 13.9 Å². The molecule has 1 aliphatic heterocycles. The Balaban J connectivity index is 2.32. The molecule has 0 aromatic heterocycles. The van der Waals surface area contributed by atoms with Gasteiger partial charge >= 0.3 is 0 Å². The van der Waals surface area contributed by atoms with Gasteiger partial charge in [0.05, 0.1) is 13.2 Å². The third kappa shape index (κ3) is 3.45. The van der Waals surface area contributed by atoms with E-state index in [0.29, 0.717) is 13.2 Å². The summed E-state index contributed by atoms with van der Waals surface area (Å²) in [5.74, 6) is 0.873. The Morgan fingerprint density at radius 3 is 2.35 bits per heavy atom. The molecule has 3 nitrogen and oxygen atoms in total. The van der Waals surface area contributed by atoms with E-state index >= 15 is 0 Å². The van der Waals surface area contributed by atoms with Crippen LogP contribution in [0.25, 0.3) is 0 Å². The summed E-state index contributed by atoms with van der Waals surface area (Å²) >= 11 is 3.52. The summed E-state index contributed by atoms with van der Waals surface area (Å²) in [5.41, 5.74) is 0.982. The first-order valence-corrected chi connectivity index (χ1v) is 10.6. The van der Waals surface area contributed by atoms with Crippen LogP contribution in [0, 0.1) is 0 Å². The highest BCUT2D eigenvalue weighted by Crippen LogP contribution is 2.41. The molecule has 1 aromatic rings. The molecule has 0 spiro atoms. The number of hydrogen-bond acceptors (Lipinski definition) is 3. The van der Waals surface area contributed by atoms with E-state index in [1.165, 1.54) is 0 Å². The van der Waals surface area contributed by atoms with Crippen LogP contribution in [0.3, 0.4) is 0 Å². The zero-order chi connectivity index (χ0) is 15.0. The Kier molecular flexibility index (Phi) is 4.64. The van der Waals surface area contributed by atoms with E-state index in [0.717, 1.165) is 15.8 Å². The lowest BCUT2D eigenvalue weighted by atomic mass is 10.2. The third-order valence-electron chi connectivity index (χ3n) is 4.02. The minimum Gasteiger partial charge on any atom is -0.543 e. The van der Waals surface area contributed by atoms with Gasteiger partial charge in [-0.1, -0.05) is 36.7 Å². The Morgan fingerprint density at radius 1 is 1.20 bits per heavy atom. The van der Waals surface area contributed by atoms with E-state index < -0.39 is 8.32 Å². The average Bonchev–Trinajstić information content (AvgIpc) is 2.80. The highest BCUT2D eigenvalue weighted by atomic mass is 79.9. The van der Waals surface area contributed by atoms with Crippen molar-refractivity contribution in [3.63, 3.8) is 0 Å². The number of ether oxygens (including phenoxy) is 2. The molecule has 1 aromatic carbocycles. The van der Waals surface area contributed by atoms with Crippen LogP contribution in [0.15, 0.2) is 22.7 Å². The first-order valence-electron chi connectivity index (χ1n) is 6.92. The van der Waals surface area contributed by atoms with Crippen molar-refractivity contribution in [2.45, 2.75) is 45.2 Å². The van der Waals surface area contributed by atoms with E-state index in [2.05, 4.69) is 49.8 Å². The molecule has 1 heterocycles. The lowest BCUT2D eigenvalue weighted by Gasteiger charge is -2.37. The zero-order valence-electron chi connectivity index (χ0n) is 12.8. The Morgan fingerprint density at radius 2 is 1.80 bits per heavy atom. The van der Waals surface area contributed by atoms with Crippen LogP contribution in [0.5, 0.6) is 5.75 Å². The maximum atomic E-state index is 6.44. The minimum absolute atomic E-state index is 0.157. The molecular formula is C15H23BrO3Si. The summed E-state index contributed by atoms with van der Waals surface area (Å²) in [6.45, 7) is 12.5. The van der Waals surface area contributed by atoms with E-state index in [-0.39, 0.29) is 11.3 Å². The van der Waals surface area contributed by atoms with Gasteiger partial charge in [0.25, 0.3) is 0 Å². The SMILES string of the molecule is CC(C)(C)[Si](C)(C)Oc1cc(Br)ccc1C1OCCO1. The molecule has 5 heteroatoms. The van der Waals surface area contributed by atoms with Gasteiger partial charge in [0.15, 0.2) is 6.29 Å². The fourth-order valence-electron chi connectivity index (χ4n) is 1.76. The van der Waals surface area contributed by atoms with Gasteiger partial charge in [0, 0.05) is 10.0 Å². The topological polar surface area (TPSA) is 27.7 Å². The molecule has 0 N–H and O–H groups in total. The largest absolute Gasteiger partial charge is 0.543 e. The fourth-order valence-corrected chi connectivity index (χ4v) is 3.13. The van der Waals surface area contributed by atoms with Crippen molar-refractivity contribution in [3.8, 4) is 5.75 Å². The van der Waals surface area contributed by atoms with Crippen molar-refractivity contribution in [2.24, 2.45) is 0 Å². The van der Waals surface area contributed by atoms with Crippen molar-refractivity contribution in [1.29, 1.82) is 0 Å². The van der Waals surface area contributed by atoms with Gasteiger partial charge in [-0.25, -0.2) is 0 Å². The van der Waals surface area contributed by atoms with Crippen LogP contribution >= 0.6 is 15.9 Å². The predicted molar refractivity (Wildman–Crippen MR) is 86.6 cm³/mol. The number of benzene rings is 1. The van der Waals surface area contributed by atoms with Gasteiger partial charge < -0.3 is 13.9 Å². The van der Waals surface area contributed by atoms with Crippen molar-refractivity contribution >= 4 is 24.2 Å². The van der Waals surface area contributed by atoms with Gasteiger partial charge in [-0.3, -0.25) is 0 Å². The normalized spacial score (nSPS) is 17.5. The molecule has 0 aliphatic carbocycles. The van der Waals surface area contributed by atoms with Crippen molar-refractivity contribution in [1.82, 2.24) is 0 Å². The van der Waals surface area contributed by atoms with Gasteiger partial charge in [0.1, 0.15) is 5.75 Å². The Labute approximate surface area is 130 Å². The molecule has 1 saturated heterocycles. The fraction of sp³-hybridized carbons (Fsp3) is 0.600. The summed E-state index contributed by atoms with van der Waals surface area (Å²) in [6.07, 6.45) is -0.303. The minimum atomic E-state index is -1.88. The van der Waals surface area contributed by atoms with E-state index in [1.54, 1.807) is 0 Å². The van der Waals surface area contributed by atoms with Crippen molar-refractivity contribution in [3.05, 3.63) is 28.2 Å². The van der Waals surface area contributed by atoms with E-state index in [9.17, 15) is 0 Å². The van der Waals surface area contributed by atoms with Gasteiger partial charge in [-0.2, -0.15) is 0 Å². The molecule has 0 saturated carbocycles. The number of halogens is 1. The molecule has 1 fully saturated rings.